The average molecular weight is 366 g/mol. The SMILES string of the molecule is Cc1cc(OCC(=O)NC2CCOc3ccc(Cl)cc32)ccc1Cl. The first-order valence-corrected chi connectivity index (χ1v) is 8.39. The molecule has 6 heteroatoms. The first-order chi connectivity index (χ1) is 11.5. The van der Waals surface area contributed by atoms with Crippen molar-refractivity contribution in [1.29, 1.82) is 0 Å². The van der Waals surface area contributed by atoms with Crippen LogP contribution in [0.5, 0.6) is 11.5 Å². The highest BCUT2D eigenvalue weighted by atomic mass is 35.5. The molecule has 1 aliphatic heterocycles. The highest BCUT2D eigenvalue weighted by Gasteiger charge is 2.23. The highest BCUT2D eigenvalue weighted by Crippen LogP contribution is 2.33. The van der Waals surface area contributed by atoms with Gasteiger partial charge in [-0.25, -0.2) is 0 Å². The summed E-state index contributed by atoms with van der Waals surface area (Å²) in [5.74, 6) is 1.17. The van der Waals surface area contributed by atoms with Gasteiger partial charge in [-0.3, -0.25) is 4.79 Å². The van der Waals surface area contributed by atoms with E-state index in [0.717, 1.165) is 16.9 Å². The molecule has 2 aromatic carbocycles. The molecule has 24 heavy (non-hydrogen) atoms. The van der Waals surface area contributed by atoms with Gasteiger partial charge in [-0.15, -0.1) is 0 Å². The molecular formula is C18H17Cl2NO3. The van der Waals surface area contributed by atoms with Gasteiger partial charge in [-0.05, 0) is 48.9 Å². The summed E-state index contributed by atoms with van der Waals surface area (Å²) in [6.45, 7) is 2.38. The smallest absolute Gasteiger partial charge is 0.258 e. The molecule has 1 unspecified atom stereocenters. The summed E-state index contributed by atoms with van der Waals surface area (Å²) in [6, 6.07) is 10.6. The van der Waals surface area contributed by atoms with Crippen LogP contribution in [0.1, 0.15) is 23.6 Å². The topological polar surface area (TPSA) is 47.6 Å². The van der Waals surface area contributed by atoms with Crippen LogP contribution in [0, 0.1) is 6.92 Å². The number of carbonyl (C=O) groups is 1. The van der Waals surface area contributed by atoms with Crippen LogP contribution in [0.2, 0.25) is 10.0 Å². The number of hydrogen-bond acceptors (Lipinski definition) is 3. The normalized spacial score (nSPS) is 16.0. The van der Waals surface area contributed by atoms with Crippen molar-refractivity contribution >= 4 is 29.1 Å². The van der Waals surface area contributed by atoms with Crippen LogP contribution in [0.4, 0.5) is 0 Å². The molecule has 0 saturated carbocycles. The minimum Gasteiger partial charge on any atom is -0.493 e. The van der Waals surface area contributed by atoms with Crippen LogP contribution in [0.15, 0.2) is 36.4 Å². The van der Waals surface area contributed by atoms with E-state index >= 15 is 0 Å². The van der Waals surface area contributed by atoms with Crippen LogP contribution in [0.25, 0.3) is 0 Å². The molecule has 0 aliphatic carbocycles. The highest BCUT2D eigenvalue weighted by molar-refractivity contribution is 6.31. The van der Waals surface area contributed by atoms with Crippen LogP contribution < -0.4 is 14.8 Å². The summed E-state index contributed by atoms with van der Waals surface area (Å²) in [6.07, 6.45) is 0.694. The van der Waals surface area contributed by atoms with E-state index in [-0.39, 0.29) is 18.6 Å². The second-order valence-corrected chi connectivity index (χ2v) is 6.48. The number of hydrogen-bond donors (Lipinski definition) is 1. The molecule has 0 radical (unpaired) electrons. The quantitative estimate of drug-likeness (QED) is 0.877. The van der Waals surface area contributed by atoms with Crippen molar-refractivity contribution in [3.63, 3.8) is 0 Å². The lowest BCUT2D eigenvalue weighted by atomic mass is 10.0. The molecule has 4 nitrogen and oxygen atoms in total. The Morgan fingerprint density at radius 3 is 2.92 bits per heavy atom. The van der Waals surface area contributed by atoms with Crippen LogP contribution in [-0.2, 0) is 4.79 Å². The molecule has 1 aliphatic rings. The minimum absolute atomic E-state index is 0.0612. The van der Waals surface area contributed by atoms with E-state index in [1.807, 2.05) is 19.1 Å². The molecule has 1 atom stereocenters. The molecule has 3 rings (SSSR count). The fraction of sp³-hybridized carbons (Fsp3) is 0.278. The minimum atomic E-state index is -0.194. The van der Waals surface area contributed by atoms with Gasteiger partial charge < -0.3 is 14.8 Å². The summed E-state index contributed by atoms with van der Waals surface area (Å²) in [5.41, 5.74) is 1.80. The number of ether oxygens (including phenoxy) is 2. The van der Waals surface area contributed by atoms with Gasteiger partial charge in [-0.2, -0.15) is 0 Å². The molecule has 2 aromatic rings. The molecule has 126 valence electrons. The number of benzene rings is 2. The second-order valence-electron chi connectivity index (χ2n) is 5.64. The van der Waals surface area contributed by atoms with Crippen molar-refractivity contribution in [2.45, 2.75) is 19.4 Å². The first-order valence-electron chi connectivity index (χ1n) is 7.63. The van der Waals surface area contributed by atoms with E-state index in [9.17, 15) is 4.79 Å². The molecule has 1 amide bonds. The van der Waals surface area contributed by atoms with Crippen LogP contribution in [0.3, 0.4) is 0 Å². The van der Waals surface area contributed by atoms with Gasteiger partial charge in [0.1, 0.15) is 11.5 Å². The van der Waals surface area contributed by atoms with Crippen molar-refractivity contribution in [3.8, 4) is 11.5 Å². The molecular weight excluding hydrogens is 349 g/mol. The zero-order valence-electron chi connectivity index (χ0n) is 13.1. The van der Waals surface area contributed by atoms with Gasteiger partial charge in [0.15, 0.2) is 6.61 Å². The lowest BCUT2D eigenvalue weighted by molar-refractivity contribution is -0.124. The number of halogens is 2. The Bertz CT molecular complexity index is 764. The van der Waals surface area contributed by atoms with Crippen LogP contribution >= 0.6 is 23.2 Å². The Labute approximate surface area is 150 Å². The summed E-state index contributed by atoms with van der Waals surface area (Å²) in [4.78, 5) is 12.2. The Balaban J connectivity index is 1.61. The number of aryl methyl sites for hydroxylation is 1. The van der Waals surface area contributed by atoms with Crippen molar-refractivity contribution in [2.75, 3.05) is 13.2 Å². The lowest BCUT2D eigenvalue weighted by Gasteiger charge is -2.26. The Hall–Kier alpha value is -1.91. The molecule has 1 heterocycles. The van der Waals surface area contributed by atoms with E-state index in [1.165, 1.54) is 0 Å². The monoisotopic (exact) mass is 365 g/mol. The maximum atomic E-state index is 12.2. The largest absolute Gasteiger partial charge is 0.493 e. The van der Waals surface area contributed by atoms with Crippen molar-refractivity contribution in [1.82, 2.24) is 5.32 Å². The van der Waals surface area contributed by atoms with Crippen molar-refractivity contribution < 1.29 is 14.3 Å². The second kappa shape index (κ2) is 7.32. The van der Waals surface area contributed by atoms with Gasteiger partial charge in [0.2, 0.25) is 0 Å². The summed E-state index contributed by atoms with van der Waals surface area (Å²) >= 11 is 12.0. The van der Waals surface area contributed by atoms with Gasteiger partial charge in [0, 0.05) is 22.0 Å². The van der Waals surface area contributed by atoms with Crippen molar-refractivity contribution in [3.05, 3.63) is 57.6 Å². The zero-order chi connectivity index (χ0) is 17.1. The van der Waals surface area contributed by atoms with Gasteiger partial charge >= 0.3 is 0 Å². The van der Waals surface area contributed by atoms with E-state index in [4.69, 9.17) is 32.7 Å². The van der Waals surface area contributed by atoms with Gasteiger partial charge in [0.05, 0.1) is 12.6 Å². The van der Waals surface area contributed by atoms with Gasteiger partial charge in [-0.1, -0.05) is 23.2 Å². The summed E-state index contributed by atoms with van der Waals surface area (Å²) in [5, 5.41) is 4.26. The maximum Gasteiger partial charge on any atom is 0.258 e. The summed E-state index contributed by atoms with van der Waals surface area (Å²) < 4.78 is 11.1. The Morgan fingerprint density at radius 1 is 1.29 bits per heavy atom. The molecule has 0 aromatic heterocycles. The zero-order valence-corrected chi connectivity index (χ0v) is 14.7. The number of carbonyl (C=O) groups excluding carboxylic acids is 1. The van der Waals surface area contributed by atoms with Crippen LogP contribution in [-0.4, -0.2) is 19.1 Å². The number of amides is 1. The Kier molecular flexibility index (Phi) is 5.17. The van der Waals surface area contributed by atoms with E-state index < -0.39 is 0 Å². The maximum absolute atomic E-state index is 12.2. The third-order valence-corrected chi connectivity index (χ3v) is 4.51. The molecule has 0 bridgehead atoms. The van der Waals surface area contributed by atoms with E-state index in [0.29, 0.717) is 28.8 Å². The molecule has 1 N–H and O–H groups in total. The Morgan fingerprint density at radius 2 is 2.12 bits per heavy atom. The number of rotatable bonds is 4. The molecule has 0 fully saturated rings. The third-order valence-electron chi connectivity index (χ3n) is 3.85. The molecule has 0 saturated heterocycles. The number of fused-ring (bicyclic) bond motifs is 1. The predicted octanol–water partition coefficient (Wildman–Crippen LogP) is 4.32. The first kappa shape index (κ1) is 16.9. The fourth-order valence-electron chi connectivity index (χ4n) is 2.61. The standard InChI is InChI=1S/C18H17Cl2NO3/c1-11-8-13(3-4-15(11)20)24-10-18(22)21-16-6-7-23-17-5-2-12(19)9-14(16)17/h2-5,8-9,16H,6-7,10H2,1H3,(H,21,22). The lowest BCUT2D eigenvalue weighted by Crippen LogP contribution is -2.35. The summed E-state index contributed by atoms with van der Waals surface area (Å²) in [7, 11) is 0. The molecule has 0 spiro atoms. The van der Waals surface area contributed by atoms with E-state index in [2.05, 4.69) is 5.32 Å². The number of nitrogens with one attached hydrogen (secondary N) is 1. The van der Waals surface area contributed by atoms with Crippen molar-refractivity contribution in [2.24, 2.45) is 0 Å². The van der Waals surface area contributed by atoms with E-state index in [1.54, 1.807) is 24.3 Å². The third kappa shape index (κ3) is 3.94. The predicted molar refractivity (Wildman–Crippen MR) is 94.1 cm³/mol. The van der Waals surface area contributed by atoms with Gasteiger partial charge in [0.25, 0.3) is 5.91 Å². The fourth-order valence-corrected chi connectivity index (χ4v) is 2.91. The average Bonchev–Trinajstić information content (AvgIpc) is 2.56.